The lowest BCUT2D eigenvalue weighted by atomic mass is 10.3. The maximum atomic E-state index is 9.39. The molecule has 5 nitrogen and oxygen atoms in total. The number of hydrogen-bond acceptors (Lipinski definition) is 5. The lowest BCUT2D eigenvalue weighted by molar-refractivity contribution is 0.138. The minimum atomic E-state index is -1.47. The van der Waals surface area contributed by atoms with Crippen LogP contribution in [-0.4, -0.2) is 35.6 Å². The average molecular weight is 136 g/mol. The summed E-state index contributed by atoms with van der Waals surface area (Å²) in [6.45, 7) is 0. The van der Waals surface area contributed by atoms with Crippen LogP contribution in [0.2, 0.25) is 0 Å². The van der Waals surface area contributed by atoms with Crippen molar-refractivity contribution < 1.29 is 5.11 Å². The largest absolute Gasteiger partial charge is 0.346 e. The van der Waals surface area contributed by atoms with Crippen molar-refractivity contribution in [2.75, 3.05) is 0 Å². The molecule has 2 heterocycles. The summed E-state index contributed by atoms with van der Waals surface area (Å²) in [4.78, 5) is 14.7. The first-order valence-electron chi connectivity index (χ1n) is 2.72. The molecule has 0 spiro atoms. The summed E-state index contributed by atoms with van der Waals surface area (Å²) in [5.74, 6) is -1.47. The van der Waals surface area contributed by atoms with Crippen molar-refractivity contribution in [3.8, 4) is 0 Å². The lowest BCUT2D eigenvalue weighted by Gasteiger charge is -2.14. The van der Waals surface area contributed by atoms with Gasteiger partial charge < -0.3 is 5.11 Å². The minimum Gasteiger partial charge on any atom is -0.346 e. The van der Waals surface area contributed by atoms with E-state index in [1.165, 1.54) is 18.9 Å². The van der Waals surface area contributed by atoms with Crippen molar-refractivity contribution in [2.24, 2.45) is 20.0 Å². The van der Waals surface area contributed by atoms with E-state index in [-0.39, 0.29) is 0 Å². The maximum Gasteiger partial charge on any atom is 0.304 e. The molecule has 0 amide bonds. The van der Waals surface area contributed by atoms with Crippen LogP contribution < -0.4 is 0 Å². The van der Waals surface area contributed by atoms with E-state index in [9.17, 15) is 5.11 Å². The molecule has 2 rings (SSSR count). The van der Waals surface area contributed by atoms with Crippen molar-refractivity contribution in [3.05, 3.63) is 0 Å². The molecule has 1 atom stereocenters. The molecule has 0 bridgehead atoms. The molecule has 10 heavy (non-hydrogen) atoms. The van der Waals surface area contributed by atoms with E-state index >= 15 is 0 Å². The molecular formula is C5H4N4O. The zero-order chi connectivity index (χ0) is 7.03. The van der Waals surface area contributed by atoms with Crippen LogP contribution in [0.4, 0.5) is 0 Å². The van der Waals surface area contributed by atoms with Crippen molar-refractivity contribution in [1.29, 1.82) is 0 Å². The van der Waals surface area contributed by atoms with Gasteiger partial charge in [0.25, 0.3) is 0 Å². The van der Waals surface area contributed by atoms with E-state index in [1.54, 1.807) is 0 Å². The van der Waals surface area contributed by atoms with Gasteiger partial charge >= 0.3 is 5.85 Å². The van der Waals surface area contributed by atoms with E-state index in [0.717, 1.165) is 0 Å². The van der Waals surface area contributed by atoms with Crippen LogP contribution in [0.25, 0.3) is 0 Å². The van der Waals surface area contributed by atoms with Gasteiger partial charge in [0.2, 0.25) is 0 Å². The van der Waals surface area contributed by atoms with E-state index in [4.69, 9.17) is 0 Å². The summed E-state index contributed by atoms with van der Waals surface area (Å²) >= 11 is 0. The molecule has 0 radical (unpaired) electrons. The molecule has 2 aliphatic rings. The minimum absolute atomic E-state index is 0.370. The Balaban J connectivity index is 2.51. The predicted molar refractivity (Wildman–Crippen MR) is 37.9 cm³/mol. The molecule has 1 N–H and O–H groups in total. The van der Waals surface area contributed by atoms with Crippen molar-refractivity contribution in [3.63, 3.8) is 0 Å². The number of aliphatic hydroxyl groups is 1. The summed E-state index contributed by atoms with van der Waals surface area (Å²) < 4.78 is 0. The molecule has 0 saturated carbocycles. The van der Waals surface area contributed by atoms with Crippen LogP contribution in [0.15, 0.2) is 20.0 Å². The Morgan fingerprint density at radius 1 is 1.30 bits per heavy atom. The van der Waals surface area contributed by atoms with Crippen LogP contribution in [-0.2, 0) is 0 Å². The van der Waals surface area contributed by atoms with Gasteiger partial charge in [-0.3, -0.25) is 0 Å². The molecule has 0 aromatic rings. The Morgan fingerprint density at radius 3 is 2.90 bits per heavy atom. The monoisotopic (exact) mass is 136 g/mol. The molecule has 2 aliphatic heterocycles. The third kappa shape index (κ3) is 0.548. The molecular weight excluding hydrogens is 132 g/mol. The second-order valence-corrected chi connectivity index (χ2v) is 1.92. The van der Waals surface area contributed by atoms with Gasteiger partial charge in [0.05, 0.1) is 6.21 Å². The predicted octanol–water partition coefficient (Wildman–Crippen LogP) is -0.772. The fourth-order valence-electron chi connectivity index (χ4n) is 0.761. The van der Waals surface area contributed by atoms with Gasteiger partial charge in [-0.25, -0.2) is 20.0 Å². The number of hydrogen-bond donors (Lipinski definition) is 1. The normalized spacial score (nSPS) is 34.3. The van der Waals surface area contributed by atoms with Gasteiger partial charge in [0, 0.05) is 0 Å². The van der Waals surface area contributed by atoms with Gasteiger partial charge in [-0.1, -0.05) is 0 Å². The first-order chi connectivity index (χ1) is 4.81. The van der Waals surface area contributed by atoms with Crippen molar-refractivity contribution >= 4 is 24.6 Å². The molecule has 1 unspecified atom stereocenters. The van der Waals surface area contributed by atoms with E-state index < -0.39 is 5.85 Å². The van der Waals surface area contributed by atoms with Crippen LogP contribution in [0.3, 0.4) is 0 Å². The molecule has 0 fully saturated rings. The summed E-state index contributed by atoms with van der Waals surface area (Å²) in [7, 11) is 0. The topological polar surface area (TPSA) is 69.7 Å². The number of fused-ring (bicyclic) bond motifs is 1. The average Bonchev–Trinajstić information content (AvgIpc) is 2.29. The van der Waals surface area contributed by atoms with Crippen molar-refractivity contribution in [1.82, 2.24) is 0 Å². The Kier molecular flexibility index (Phi) is 0.853. The number of rotatable bonds is 0. The van der Waals surface area contributed by atoms with Gasteiger partial charge in [-0.2, -0.15) is 0 Å². The van der Waals surface area contributed by atoms with Crippen LogP contribution >= 0.6 is 0 Å². The molecule has 0 saturated heterocycles. The van der Waals surface area contributed by atoms with Gasteiger partial charge in [0.15, 0.2) is 0 Å². The molecule has 0 aliphatic carbocycles. The summed E-state index contributed by atoms with van der Waals surface area (Å²) in [6.07, 6.45) is 3.95. The fraction of sp³-hybridized carbons (Fsp3) is 0.200. The standard InChI is InChI=1S/C5H4N4O/c10-5-4(7-3-9-5)1-6-2-8-5/h1-3,10H. The molecule has 5 heteroatoms. The maximum absolute atomic E-state index is 9.39. The quantitative estimate of drug-likeness (QED) is 0.466. The Labute approximate surface area is 56.6 Å². The highest BCUT2D eigenvalue weighted by Gasteiger charge is 2.34. The van der Waals surface area contributed by atoms with Crippen LogP contribution in [0, 0.1) is 0 Å². The third-order valence-corrected chi connectivity index (χ3v) is 1.28. The highest BCUT2D eigenvalue weighted by molar-refractivity contribution is 6.38. The summed E-state index contributed by atoms with van der Waals surface area (Å²) in [5.41, 5.74) is 0.370. The lowest BCUT2D eigenvalue weighted by Crippen LogP contribution is -2.34. The highest BCUT2D eigenvalue weighted by atomic mass is 16.3. The molecule has 0 aromatic carbocycles. The number of aliphatic imine (C=N–C) groups is 4. The van der Waals surface area contributed by atoms with E-state index in [2.05, 4.69) is 20.0 Å². The van der Waals surface area contributed by atoms with Gasteiger partial charge in [0.1, 0.15) is 18.4 Å². The van der Waals surface area contributed by atoms with E-state index in [0.29, 0.717) is 5.71 Å². The third-order valence-electron chi connectivity index (χ3n) is 1.28. The SMILES string of the molecule is OC12N=CN=CC1=NC=N2. The Bertz CT molecular complexity index is 277. The first kappa shape index (κ1) is 5.43. The van der Waals surface area contributed by atoms with Crippen molar-refractivity contribution in [2.45, 2.75) is 5.85 Å². The fourth-order valence-corrected chi connectivity index (χ4v) is 0.761. The smallest absolute Gasteiger partial charge is 0.304 e. The summed E-state index contributed by atoms with van der Waals surface area (Å²) in [6, 6.07) is 0. The second-order valence-electron chi connectivity index (χ2n) is 1.92. The van der Waals surface area contributed by atoms with Gasteiger partial charge in [-0.05, 0) is 0 Å². The second kappa shape index (κ2) is 1.57. The zero-order valence-electron chi connectivity index (χ0n) is 4.97. The Morgan fingerprint density at radius 2 is 2.10 bits per heavy atom. The van der Waals surface area contributed by atoms with Crippen LogP contribution in [0.1, 0.15) is 0 Å². The highest BCUT2D eigenvalue weighted by Crippen LogP contribution is 2.15. The van der Waals surface area contributed by atoms with Gasteiger partial charge in [-0.15, -0.1) is 0 Å². The van der Waals surface area contributed by atoms with Crippen LogP contribution in [0.5, 0.6) is 0 Å². The van der Waals surface area contributed by atoms with E-state index in [1.807, 2.05) is 0 Å². The first-order valence-corrected chi connectivity index (χ1v) is 2.72. The molecule has 0 aromatic heterocycles. The number of nitrogens with zero attached hydrogens (tertiary/aromatic N) is 4. The summed E-state index contributed by atoms with van der Waals surface area (Å²) in [5, 5.41) is 9.39. The molecule has 50 valence electrons. The zero-order valence-corrected chi connectivity index (χ0v) is 4.97. The Hall–Kier alpha value is -1.36.